The van der Waals surface area contributed by atoms with Gasteiger partial charge in [0.25, 0.3) is 0 Å². The molecular formula is C31H37N5O2. The first-order valence-electron chi connectivity index (χ1n) is 13.3. The summed E-state index contributed by atoms with van der Waals surface area (Å²) in [7, 11) is 5.70. The van der Waals surface area contributed by atoms with E-state index in [1.807, 2.05) is 24.5 Å². The maximum atomic E-state index is 11.8. The van der Waals surface area contributed by atoms with E-state index in [0.717, 1.165) is 59.7 Å². The summed E-state index contributed by atoms with van der Waals surface area (Å²) >= 11 is 0. The highest BCUT2D eigenvalue weighted by Crippen LogP contribution is 2.35. The maximum absolute atomic E-state index is 11.8. The molecule has 7 nitrogen and oxygen atoms in total. The molecule has 0 bridgehead atoms. The van der Waals surface area contributed by atoms with Crippen LogP contribution < -0.4 is 9.64 Å². The Morgan fingerprint density at radius 1 is 0.974 bits per heavy atom. The van der Waals surface area contributed by atoms with E-state index >= 15 is 0 Å². The average Bonchev–Trinajstić information content (AvgIpc) is 3.33. The third kappa shape index (κ3) is 5.38. The SMILES string of the molecule is Cc1cc(-c2cnc3[nH]cc(-c4ccc(OCCC(=O)N(C)C)cc4)c3c2)cc(C)c1N1CCN(C)CC1. The van der Waals surface area contributed by atoms with Gasteiger partial charge in [0.2, 0.25) is 5.91 Å². The fraction of sp³-hybridized carbons (Fsp3) is 0.355. The molecule has 1 saturated heterocycles. The largest absolute Gasteiger partial charge is 0.493 e. The van der Waals surface area contributed by atoms with Crippen LogP contribution in [0.3, 0.4) is 0 Å². The Kier molecular flexibility index (Phi) is 7.38. The topological polar surface area (TPSA) is 64.7 Å². The predicted molar refractivity (Wildman–Crippen MR) is 155 cm³/mol. The van der Waals surface area contributed by atoms with Crippen molar-refractivity contribution in [1.82, 2.24) is 19.8 Å². The summed E-state index contributed by atoms with van der Waals surface area (Å²) in [6.07, 6.45) is 4.33. The smallest absolute Gasteiger partial charge is 0.225 e. The van der Waals surface area contributed by atoms with E-state index in [1.54, 1.807) is 19.0 Å². The van der Waals surface area contributed by atoms with Crippen LogP contribution in [0, 0.1) is 13.8 Å². The number of rotatable bonds is 7. The first-order valence-corrected chi connectivity index (χ1v) is 13.3. The number of hydrogen-bond donors (Lipinski definition) is 1. The Morgan fingerprint density at radius 2 is 1.66 bits per heavy atom. The van der Waals surface area contributed by atoms with E-state index in [9.17, 15) is 4.79 Å². The van der Waals surface area contributed by atoms with Crippen molar-refractivity contribution in [1.29, 1.82) is 0 Å². The number of carbonyl (C=O) groups excluding carboxylic acids is 1. The summed E-state index contributed by atoms with van der Waals surface area (Å²) in [6.45, 7) is 9.13. The number of nitrogens with zero attached hydrogens (tertiary/aromatic N) is 4. The maximum Gasteiger partial charge on any atom is 0.225 e. The lowest BCUT2D eigenvalue weighted by atomic mass is 9.97. The van der Waals surface area contributed by atoms with E-state index in [-0.39, 0.29) is 5.91 Å². The molecule has 0 unspecified atom stereocenters. The lowest BCUT2D eigenvalue weighted by Gasteiger charge is -2.36. The number of benzene rings is 2. The summed E-state index contributed by atoms with van der Waals surface area (Å²) in [5, 5.41) is 1.09. The quantitative estimate of drug-likeness (QED) is 0.373. The van der Waals surface area contributed by atoms with Crippen LogP contribution in [-0.2, 0) is 4.79 Å². The second kappa shape index (κ2) is 10.9. The minimum Gasteiger partial charge on any atom is -0.493 e. The second-order valence-corrected chi connectivity index (χ2v) is 10.5. The molecule has 1 N–H and O–H groups in total. The highest BCUT2D eigenvalue weighted by Gasteiger charge is 2.19. The number of likely N-dealkylation sites (N-methyl/N-ethyl adjacent to an activating group) is 1. The van der Waals surface area contributed by atoms with Gasteiger partial charge in [-0.1, -0.05) is 12.1 Å². The zero-order valence-electron chi connectivity index (χ0n) is 23.0. The monoisotopic (exact) mass is 511 g/mol. The number of pyridine rings is 1. The number of amides is 1. The van der Waals surface area contributed by atoms with Gasteiger partial charge in [-0.3, -0.25) is 4.79 Å². The number of aryl methyl sites for hydroxylation is 2. The van der Waals surface area contributed by atoms with Crippen LogP contribution in [0.1, 0.15) is 17.5 Å². The van der Waals surface area contributed by atoms with Crippen molar-refractivity contribution in [2.45, 2.75) is 20.3 Å². The van der Waals surface area contributed by atoms with Crippen molar-refractivity contribution in [3.63, 3.8) is 0 Å². The van der Waals surface area contributed by atoms with Gasteiger partial charge in [-0.05, 0) is 73.5 Å². The van der Waals surface area contributed by atoms with Gasteiger partial charge in [0, 0.05) is 74.9 Å². The first kappa shape index (κ1) is 25.8. The molecule has 1 aliphatic rings. The number of anilines is 1. The van der Waals surface area contributed by atoms with Crippen LogP contribution in [0.4, 0.5) is 5.69 Å². The van der Waals surface area contributed by atoms with E-state index in [0.29, 0.717) is 13.0 Å². The number of hydrogen-bond acceptors (Lipinski definition) is 5. The summed E-state index contributed by atoms with van der Waals surface area (Å²) in [5.41, 5.74) is 9.34. The fourth-order valence-corrected chi connectivity index (χ4v) is 5.26. The Hall–Kier alpha value is -3.84. The lowest BCUT2D eigenvalue weighted by Crippen LogP contribution is -2.45. The fourth-order valence-electron chi connectivity index (χ4n) is 5.26. The number of piperazine rings is 1. The first-order chi connectivity index (χ1) is 18.3. The van der Waals surface area contributed by atoms with Crippen LogP contribution in [0.25, 0.3) is 33.3 Å². The van der Waals surface area contributed by atoms with Crippen molar-refractivity contribution >= 4 is 22.6 Å². The van der Waals surface area contributed by atoms with Crippen molar-refractivity contribution in [3.05, 3.63) is 66.0 Å². The van der Waals surface area contributed by atoms with Gasteiger partial charge in [-0.2, -0.15) is 0 Å². The number of H-pyrrole nitrogens is 1. The number of ether oxygens (including phenoxy) is 1. The molecule has 4 aromatic rings. The van der Waals surface area contributed by atoms with E-state index in [4.69, 9.17) is 9.72 Å². The molecule has 3 heterocycles. The minimum atomic E-state index is 0.0584. The van der Waals surface area contributed by atoms with E-state index < -0.39 is 0 Å². The van der Waals surface area contributed by atoms with Gasteiger partial charge >= 0.3 is 0 Å². The number of aromatic nitrogens is 2. The molecule has 0 atom stereocenters. The molecule has 38 heavy (non-hydrogen) atoms. The predicted octanol–water partition coefficient (Wildman–Crippen LogP) is 5.12. The van der Waals surface area contributed by atoms with Crippen LogP contribution in [0.5, 0.6) is 5.75 Å². The molecule has 1 amide bonds. The molecule has 1 fully saturated rings. The minimum absolute atomic E-state index is 0.0584. The Labute approximate surface area is 225 Å². The molecule has 0 spiro atoms. The van der Waals surface area contributed by atoms with Crippen molar-refractivity contribution in [2.24, 2.45) is 0 Å². The van der Waals surface area contributed by atoms with Crippen LogP contribution in [0.15, 0.2) is 54.9 Å². The van der Waals surface area contributed by atoms with E-state index in [1.165, 1.54) is 22.4 Å². The second-order valence-electron chi connectivity index (χ2n) is 10.5. The van der Waals surface area contributed by atoms with E-state index in [2.05, 4.69) is 66.0 Å². The number of fused-ring (bicyclic) bond motifs is 1. The highest BCUT2D eigenvalue weighted by atomic mass is 16.5. The number of aromatic amines is 1. The van der Waals surface area contributed by atoms with Gasteiger partial charge in [-0.15, -0.1) is 0 Å². The zero-order chi connectivity index (χ0) is 26.8. The number of carbonyl (C=O) groups is 1. The molecule has 0 radical (unpaired) electrons. The molecular weight excluding hydrogens is 474 g/mol. The molecule has 7 heteroatoms. The number of nitrogens with one attached hydrogen (secondary N) is 1. The third-order valence-electron chi connectivity index (χ3n) is 7.42. The van der Waals surface area contributed by atoms with Gasteiger partial charge < -0.3 is 24.4 Å². The standard InChI is InChI=1S/C31H37N5O2/c1-21-16-24(17-22(2)30(21)36-13-11-35(5)12-14-36)25-18-27-28(20-33-31(27)32-19-25)23-6-8-26(9-7-23)38-15-10-29(37)34(3)4/h6-9,16-20H,10-15H2,1-5H3,(H,32,33). The van der Waals surface area contributed by atoms with Crippen molar-refractivity contribution in [2.75, 3.05) is 58.8 Å². The molecule has 1 aliphatic heterocycles. The summed E-state index contributed by atoms with van der Waals surface area (Å²) in [6, 6.07) is 14.8. The lowest BCUT2D eigenvalue weighted by molar-refractivity contribution is -0.129. The zero-order valence-corrected chi connectivity index (χ0v) is 23.0. The summed E-state index contributed by atoms with van der Waals surface area (Å²) in [4.78, 5) is 26.3. The molecule has 0 aliphatic carbocycles. The van der Waals surface area contributed by atoms with Crippen LogP contribution >= 0.6 is 0 Å². The molecule has 0 saturated carbocycles. The van der Waals surface area contributed by atoms with Crippen LogP contribution in [-0.4, -0.2) is 79.6 Å². The summed E-state index contributed by atoms with van der Waals surface area (Å²) < 4.78 is 5.77. The molecule has 2 aromatic heterocycles. The average molecular weight is 512 g/mol. The normalized spacial score (nSPS) is 14.2. The third-order valence-corrected chi connectivity index (χ3v) is 7.42. The molecule has 198 valence electrons. The van der Waals surface area contributed by atoms with Gasteiger partial charge in [0.1, 0.15) is 11.4 Å². The van der Waals surface area contributed by atoms with Crippen molar-refractivity contribution in [3.8, 4) is 28.0 Å². The molecule has 5 rings (SSSR count). The van der Waals surface area contributed by atoms with Gasteiger partial charge in [0.05, 0.1) is 13.0 Å². The highest BCUT2D eigenvalue weighted by molar-refractivity contribution is 5.96. The summed E-state index contributed by atoms with van der Waals surface area (Å²) in [5.74, 6) is 0.813. The van der Waals surface area contributed by atoms with Gasteiger partial charge in [0.15, 0.2) is 0 Å². The van der Waals surface area contributed by atoms with Crippen molar-refractivity contribution < 1.29 is 9.53 Å². The molecule has 2 aromatic carbocycles. The van der Waals surface area contributed by atoms with Crippen LogP contribution in [0.2, 0.25) is 0 Å². The Bertz CT molecular complexity index is 1410. The Morgan fingerprint density at radius 3 is 2.32 bits per heavy atom. The Balaban J connectivity index is 1.37. The van der Waals surface area contributed by atoms with Gasteiger partial charge in [-0.25, -0.2) is 4.98 Å².